The van der Waals surface area contributed by atoms with Crippen LogP contribution >= 0.6 is 0 Å². The minimum atomic E-state index is -2.73. The van der Waals surface area contributed by atoms with E-state index in [-0.39, 0.29) is 24.3 Å². The van der Waals surface area contributed by atoms with Crippen molar-refractivity contribution in [3.05, 3.63) is 59.7 Å². The molecule has 0 aliphatic heterocycles. The maximum absolute atomic E-state index is 12.2. The smallest absolute Gasteiger partial charge is 0.379 e. The molecular formula is C34H54O11Si4. The fourth-order valence-corrected chi connectivity index (χ4v) is 23.5. The van der Waals surface area contributed by atoms with Gasteiger partial charge in [-0.25, -0.2) is 9.59 Å². The van der Waals surface area contributed by atoms with E-state index in [0.717, 1.165) is 0 Å². The molecular weight excluding hydrogens is 697 g/mol. The number of benzene rings is 2. The Morgan fingerprint density at radius 2 is 0.837 bits per heavy atom. The van der Waals surface area contributed by atoms with E-state index in [1.807, 2.05) is 0 Å². The molecule has 0 N–H and O–H groups in total. The highest BCUT2D eigenvalue weighted by molar-refractivity contribution is 6.89. The topological polar surface area (TPSA) is 133 Å². The van der Waals surface area contributed by atoms with E-state index in [4.69, 9.17) is 31.3 Å². The highest BCUT2D eigenvalue weighted by atomic mass is 28.5. The molecule has 0 bridgehead atoms. The van der Waals surface area contributed by atoms with Crippen LogP contribution in [0.1, 0.15) is 47.4 Å². The fourth-order valence-electron chi connectivity index (χ4n) is 5.20. The Balaban J connectivity index is 2.04. The number of Topliss-reactive ketones (excluding diaryl/α,β-unsaturated/α-hetero) is 2. The minimum Gasteiger partial charge on any atom is -0.494 e. The molecule has 2 aromatic rings. The van der Waals surface area contributed by atoms with E-state index in [1.54, 1.807) is 62.4 Å². The highest BCUT2D eigenvalue weighted by Gasteiger charge is 2.46. The van der Waals surface area contributed by atoms with Crippen LogP contribution in [0, 0.1) is 0 Å². The van der Waals surface area contributed by atoms with Crippen LogP contribution < -0.4 is 9.47 Å². The van der Waals surface area contributed by atoms with Crippen LogP contribution in [-0.2, 0) is 31.4 Å². The lowest BCUT2D eigenvalue weighted by molar-refractivity contribution is -0.138. The molecule has 0 amide bonds. The van der Waals surface area contributed by atoms with Crippen molar-refractivity contribution in [3.8, 4) is 11.5 Å². The van der Waals surface area contributed by atoms with E-state index < -0.39 is 57.3 Å². The van der Waals surface area contributed by atoms with Gasteiger partial charge in [0.25, 0.3) is 11.6 Å². The lowest BCUT2D eigenvalue weighted by Gasteiger charge is -2.43. The number of ketones is 2. The van der Waals surface area contributed by atoms with Gasteiger partial charge in [-0.3, -0.25) is 9.59 Å². The molecule has 0 spiro atoms. The predicted octanol–water partition coefficient (Wildman–Crippen LogP) is 7.28. The number of carbonyl (C=O) groups excluding carboxylic acids is 4. The van der Waals surface area contributed by atoms with Crippen molar-refractivity contribution in [3.63, 3.8) is 0 Å². The zero-order valence-electron chi connectivity index (χ0n) is 30.8. The van der Waals surface area contributed by atoms with E-state index in [2.05, 4.69) is 52.4 Å². The molecule has 0 heterocycles. The zero-order chi connectivity index (χ0) is 36.9. The first-order chi connectivity index (χ1) is 22.8. The van der Waals surface area contributed by atoms with Crippen molar-refractivity contribution in [1.29, 1.82) is 0 Å². The van der Waals surface area contributed by atoms with Crippen molar-refractivity contribution in [1.82, 2.24) is 0 Å². The summed E-state index contributed by atoms with van der Waals surface area (Å²) in [6, 6.07) is 14.3. The summed E-state index contributed by atoms with van der Waals surface area (Å²) < 4.78 is 42.2. The Kier molecular flexibility index (Phi) is 16.3. The Labute approximate surface area is 295 Å². The molecule has 272 valence electrons. The van der Waals surface area contributed by atoms with Crippen molar-refractivity contribution in [2.24, 2.45) is 0 Å². The quantitative estimate of drug-likeness (QED) is 0.0395. The second-order valence-electron chi connectivity index (χ2n) is 13.9. The van der Waals surface area contributed by atoms with Gasteiger partial charge in [-0.1, -0.05) is 0 Å². The van der Waals surface area contributed by atoms with Crippen molar-refractivity contribution in [2.45, 2.75) is 91.2 Å². The van der Waals surface area contributed by atoms with Gasteiger partial charge in [0.15, 0.2) is 16.6 Å². The van der Waals surface area contributed by atoms with Gasteiger partial charge in [-0.15, -0.1) is 0 Å². The summed E-state index contributed by atoms with van der Waals surface area (Å²) in [4.78, 5) is 47.9. The summed E-state index contributed by atoms with van der Waals surface area (Å²) in [5.41, 5.74) is 0.500. The fraction of sp³-hybridized carbons (Fsp3) is 0.529. The number of hydrogen-bond acceptors (Lipinski definition) is 11. The summed E-state index contributed by atoms with van der Waals surface area (Å²) in [6.45, 7) is 21.7. The average Bonchev–Trinajstić information content (AvgIpc) is 2.99. The Bertz CT molecular complexity index is 1280. The molecule has 0 saturated carbocycles. The molecule has 0 fully saturated rings. The molecule has 2 atom stereocenters. The van der Waals surface area contributed by atoms with E-state index in [0.29, 0.717) is 49.6 Å². The van der Waals surface area contributed by atoms with Crippen LogP contribution in [0.4, 0.5) is 0 Å². The van der Waals surface area contributed by atoms with Crippen molar-refractivity contribution >= 4 is 57.3 Å². The molecule has 0 aliphatic rings. The molecule has 15 heteroatoms. The van der Waals surface area contributed by atoms with Crippen molar-refractivity contribution < 1.29 is 50.5 Å². The second-order valence-corrected chi connectivity index (χ2v) is 30.3. The Morgan fingerprint density at radius 1 is 0.510 bits per heavy atom. The molecule has 0 aromatic heterocycles. The van der Waals surface area contributed by atoms with E-state index in [1.165, 1.54) is 0 Å². The number of esters is 2. The van der Waals surface area contributed by atoms with Gasteiger partial charge >= 0.3 is 29.1 Å². The molecule has 2 rings (SSSR count). The van der Waals surface area contributed by atoms with E-state index in [9.17, 15) is 19.2 Å². The highest BCUT2D eigenvalue weighted by Crippen LogP contribution is 2.31. The van der Waals surface area contributed by atoms with Gasteiger partial charge < -0.3 is 31.3 Å². The second kappa shape index (κ2) is 18.9. The molecule has 0 radical (unpaired) electrons. The summed E-state index contributed by atoms with van der Waals surface area (Å²) >= 11 is 0. The Hall–Kier alpha value is -2.93. The molecule has 11 nitrogen and oxygen atoms in total. The first kappa shape index (κ1) is 42.2. The average molecular weight is 751 g/mol. The third kappa shape index (κ3) is 15.7. The maximum Gasteiger partial charge on any atom is 0.379 e. The number of rotatable bonds is 22. The van der Waals surface area contributed by atoms with Gasteiger partial charge in [0.2, 0.25) is 0 Å². The van der Waals surface area contributed by atoms with Gasteiger partial charge in [0, 0.05) is 11.1 Å². The summed E-state index contributed by atoms with van der Waals surface area (Å²) in [5, 5.41) is 0. The van der Waals surface area contributed by atoms with Crippen LogP contribution in [0.3, 0.4) is 0 Å². The van der Waals surface area contributed by atoms with E-state index >= 15 is 0 Å². The van der Waals surface area contributed by atoms with Gasteiger partial charge in [-0.2, -0.15) is 0 Å². The molecule has 0 saturated heterocycles. The third-order valence-corrected chi connectivity index (χ3v) is 21.0. The third-order valence-electron chi connectivity index (χ3n) is 6.72. The van der Waals surface area contributed by atoms with Crippen LogP contribution in [0.25, 0.3) is 0 Å². The first-order valence-electron chi connectivity index (χ1n) is 16.8. The molecule has 49 heavy (non-hydrogen) atoms. The number of ether oxygens (including phenoxy) is 4. The van der Waals surface area contributed by atoms with Crippen LogP contribution in [0.2, 0.25) is 64.5 Å². The monoisotopic (exact) mass is 750 g/mol. The van der Waals surface area contributed by atoms with Gasteiger partial charge in [0.05, 0.1) is 26.4 Å². The largest absolute Gasteiger partial charge is 0.494 e. The van der Waals surface area contributed by atoms with Crippen LogP contribution in [0.15, 0.2) is 48.5 Å². The summed E-state index contributed by atoms with van der Waals surface area (Å²) in [7, 11) is -9.43. The number of hydrogen-bond donors (Lipinski definition) is 0. The summed E-state index contributed by atoms with van der Waals surface area (Å²) in [6.07, 6.45) is 1.40. The normalized spacial score (nSPS) is 14.2. The van der Waals surface area contributed by atoms with Gasteiger partial charge in [0.1, 0.15) is 11.5 Å². The maximum atomic E-state index is 12.2. The lowest BCUT2D eigenvalue weighted by Crippen LogP contribution is -2.58. The predicted molar refractivity (Wildman–Crippen MR) is 198 cm³/mol. The molecule has 0 aliphatic carbocycles. The summed E-state index contributed by atoms with van der Waals surface area (Å²) in [5.74, 6) is -1.93. The van der Waals surface area contributed by atoms with Crippen LogP contribution in [0.5, 0.6) is 11.5 Å². The van der Waals surface area contributed by atoms with Gasteiger partial charge in [-0.05, 0) is 140 Å². The molecule has 2 unspecified atom stereocenters. The SMILES string of the molecule is CCOC(=O)C(=O)c1ccc(OCCC[Si](C)(O[Si](C)(C)C)O[Si](C)(CCCOc2ccc(C(=O)C(=O)OCC)cc2)O[Si](C)(C)C)cc1. The van der Waals surface area contributed by atoms with Crippen LogP contribution in [-0.4, -0.2) is 83.7 Å². The standard InChI is InChI=1S/C34H54O11Si4/c1-11-39-33(37)31(35)27-15-19-29(20-16-27)41-23-13-25-48(9,43-46(3,4)5)45-49(10,44-47(6,7)8)26-14-24-42-30-21-17-28(18-22-30)32(36)34(38)40-12-2/h15-22H,11-14,23-26H2,1-10H3. The zero-order valence-corrected chi connectivity index (χ0v) is 34.8. The Morgan fingerprint density at radius 3 is 1.12 bits per heavy atom. The first-order valence-corrected chi connectivity index (χ1v) is 28.6. The minimum absolute atomic E-state index is 0.140. The van der Waals surface area contributed by atoms with Crippen molar-refractivity contribution in [2.75, 3.05) is 26.4 Å². The number of carbonyl (C=O) groups is 4. The molecule has 2 aromatic carbocycles. The lowest BCUT2D eigenvalue weighted by atomic mass is 10.1.